The Hall–Kier alpha value is -1.51. The number of terminal acetylenes is 1. The van der Waals surface area contributed by atoms with Gasteiger partial charge in [0.1, 0.15) is 18.5 Å². The Bertz CT molecular complexity index is 603. The van der Waals surface area contributed by atoms with Crippen molar-refractivity contribution >= 4 is 22.9 Å². The number of aliphatic hydroxyl groups excluding tert-OH is 1. The molecule has 3 nitrogen and oxygen atoms in total. The van der Waals surface area contributed by atoms with Gasteiger partial charge in [-0.2, -0.15) is 0 Å². The third kappa shape index (κ3) is 5.07. The molecular weight excluding hydrogens is 306 g/mol. The number of thiophene rings is 1. The second-order valence-electron chi connectivity index (χ2n) is 4.43. The van der Waals surface area contributed by atoms with Crippen molar-refractivity contribution in [3.8, 4) is 18.1 Å². The zero-order valence-corrected chi connectivity index (χ0v) is 13.0. The second-order valence-corrected chi connectivity index (χ2v) is 6.17. The SMILES string of the molecule is C#CCOc1ccc(CNCC(O)c2ccc(Cl)s2)cc1. The van der Waals surface area contributed by atoms with Crippen molar-refractivity contribution in [1.29, 1.82) is 0 Å². The minimum Gasteiger partial charge on any atom is -0.481 e. The summed E-state index contributed by atoms with van der Waals surface area (Å²) >= 11 is 7.24. The predicted molar refractivity (Wildman–Crippen MR) is 86.8 cm³/mol. The molecular formula is C16H16ClNO2S. The van der Waals surface area contributed by atoms with Crippen LogP contribution in [-0.2, 0) is 6.54 Å². The van der Waals surface area contributed by atoms with Crippen molar-refractivity contribution < 1.29 is 9.84 Å². The van der Waals surface area contributed by atoms with Crippen LogP contribution in [0.25, 0.3) is 0 Å². The Morgan fingerprint density at radius 2 is 2.05 bits per heavy atom. The molecule has 0 aliphatic rings. The first-order valence-electron chi connectivity index (χ1n) is 6.48. The van der Waals surface area contributed by atoms with Gasteiger partial charge in [0.05, 0.1) is 4.34 Å². The number of aliphatic hydroxyl groups is 1. The van der Waals surface area contributed by atoms with Crippen molar-refractivity contribution in [1.82, 2.24) is 5.32 Å². The lowest BCUT2D eigenvalue weighted by Crippen LogP contribution is -2.20. The maximum absolute atomic E-state index is 10.0. The molecule has 2 aromatic rings. The second kappa shape index (κ2) is 8.06. The highest BCUT2D eigenvalue weighted by Gasteiger charge is 2.09. The zero-order chi connectivity index (χ0) is 15.1. The molecule has 1 atom stereocenters. The largest absolute Gasteiger partial charge is 0.481 e. The molecule has 0 fully saturated rings. The summed E-state index contributed by atoms with van der Waals surface area (Å²) < 4.78 is 5.99. The molecule has 1 heterocycles. The summed E-state index contributed by atoms with van der Waals surface area (Å²) in [6, 6.07) is 11.3. The van der Waals surface area contributed by atoms with Crippen LogP contribution in [0, 0.1) is 12.3 Å². The lowest BCUT2D eigenvalue weighted by Gasteiger charge is -2.10. The van der Waals surface area contributed by atoms with Gasteiger partial charge in [-0.15, -0.1) is 17.8 Å². The van der Waals surface area contributed by atoms with E-state index in [1.165, 1.54) is 11.3 Å². The molecule has 5 heteroatoms. The summed E-state index contributed by atoms with van der Waals surface area (Å²) in [7, 11) is 0. The van der Waals surface area contributed by atoms with Crippen LogP contribution in [0.5, 0.6) is 5.75 Å². The van der Waals surface area contributed by atoms with Crippen molar-refractivity contribution in [3.05, 3.63) is 51.2 Å². The van der Waals surface area contributed by atoms with Crippen LogP contribution < -0.4 is 10.1 Å². The molecule has 0 saturated heterocycles. The molecule has 2 N–H and O–H groups in total. The quantitative estimate of drug-likeness (QED) is 0.769. The molecule has 21 heavy (non-hydrogen) atoms. The van der Waals surface area contributed by atoms with Gasteiger partial charge in [0.15, 0.2) is 0 Å². The Morgan fingerprint density at radius 3 is 2.67 bits per heavy atom. The number of hydrogen-bond acceptors (Lipinski definition) is 4. The highest BCUT2D eigenvalue weighted by Crippen LogP contribution is 2.26. The summed E-state index contributed by atoms with van der Waals surface area (Å²) in [4.78, 5) is 0.866. The summed E-state index contributed by atoms with van der Waals surface area (Å²) in [5, 5.41) is 13.2. The minimum absolute atomic E-state index is 0.271. The molecule has 0 aliphatic carbocycles. The van der Waals surface area contributed by atoms with Crippen LogP contribution in [0.3, 0.4) is 0 Å². The van der Waals surface area contributed by atoms with Gasteiger partial charge in [0.25, 0.3) is 0 Å². The molecule has 1 aromatic carbocycles. The maximum atomic E-state index is 10.0. The first-order valence-corrected chi connectivity index (χ1v) is 7.67. The predicted octanol–water partition coefficient (Wildman–Crippen LogP) is 3.24. The van der Waals surface area contributed by atoms with Gasteiger partial charge in [-0.3, -0.25) is 0 Å². The molecule has 110 valence electrons. The molecule has 1 unspecified atom stereocenters. The fourth-order valence-electron chi connectivity index (χ4n) is 1.79. The maximum Gasteiger partial charge on any atom is 0.148 e. The molecule has 0 aliphatic heterocycles. The normalized spacial score (nSPS) is 11.9. The van der Waals surface area contributed by atoms with E-state index in [4.69, 9.17) is 22.8 Å². The van der Waals surface area contributed by atoms with Gasteiger partial charge < -0.3 is 15.2 Å². The van der Waals surface area contributed by atoms with E-state index in [9.17, 15) is 5.11 Å². The lowest BCUT2D eigenvalue weighted by atomic mass is 10.2. The molecule has 0 amide bonds. The molecule has 0 radical (unpaired) electrons. The number of ether oxygens (including phenoxy) is 1. The molecule has 0 spiro atoms. The van der Waals surface area contributed by atoms with Gasteiger partial charge in [-0.05, 0) is 29.8 Å². The molecule has 1 aromatic heterocycles. The number of hydrogen-bond donors (Lipinski definition) is 2. The average molecular weight is 322 g/mol. The Kier molecular flexibility index (Phi) is 6.09. The number of nitrogens with one attached hydrogen (secondary N) is 1. The van der Waals surface area contributed by atoms with Crippen molar-refractivity contribution in [2.75, 3.05) is 13.2 Å². The van der Waals surface area contributed by atoms with E-state index in [0.717, 1.165) is 16.2 Å². The first kappa shape index (κ1) is 15.9. The average Bonchev–Trinajstić information content (AvgIpc) is 2.93. The van der Waals surface area contributed by atoms with Crippen LogP contribution in [0.1, 0.15) is 16.5 Å². The Balaban J connectivity index is 1.77. The fraction of sp³-hybridized carbons (Fsp3) is 0.250. The third-order valence-corrected chi connectivity index (χ3v) is 4.17. The van der Waals surface area contributed by atoms with Gasteiger partial charge in [-0.25, -0.2) is 0 Å². The highest BCUT2D eigenvalue weighted by atomic mass is 35.5. The smallest absolute Gasteiger partial charge is 0.148 e. The van der Waals surface area contributed by atoms with Crippen LogP contribution in [0.2, 0.25) is 4.34 Å². The van der Waals surface area contributed by atoms with E-state index in [-0.39, 0.29) is 6.61 Å². The van der Waals surface area contributed by atoms with E-state index in [1.807, 2.05) is 30.3 Å². The van der Waals surface area contributed by atoms with Crippen LogP contribution in [0.15, 0.2) is 36.4 Å². The first-order chi connectivity index (χ1) is 10.2. The topological polar surface area (TPSA) is 41.5 Å². The van der Waals surface area contributed by atoms with E-state index in [0.29, 0.717) is 17.4 Å². The molecule has 0 bridgehead atoms. The van der Waals surface area contributed by atoms with E-state index in [1.54, 1.807) is 6.07 Å². The molecule has 2 rings (SSSR count). The van der Waals surface area contributed by atoms with Crippen LogP contribution >= 0.6 is 22.9 Å². The van der Waals surface area contributed by atoms with Crippen LogP contribution in [0.4, 0.5) is 0 Å². The summed E-state index contributed by atoms with van der Waals surface area (Å²) in [6.07, 6.45) is 4.59. The van der Waals surface area contributed by atoms with Gasteiger partial charge >= 0.3 is 0 Å². The highest BCUT2D eigenvalue weighted by molar-refractivity contribution is 7.16. The van der Waals surface area contributed by atoms with Crippen molar-refractivity contribution in [3.63, 3.8) is 0 Å². The summed E-state index contributed by atoms with van der Waals surface area (Å²) in [5.41, 5.74) is 1.11. The van der Waals surface area contributed by atoms with Gasteiger partial charge in [-0.1, -0.05) is 29.7 Å². The Labute approximate surface area is 133 Å². The number of halogens is 1. The standard InChI is InChI=1S/C16H16ClNO2S/c1-2-9-20-13-5-3-12(4-6-13)10-18-11-14(19)15-7-8-16(17)21-15/h1,3-8,14,18-19H,9-11H2. The summed E-state index contributed by atoms with van der Waals surface area (Å²) in [6.45, 7) is 1.42. The van der Waals surface area contributed by atoms with E-state index >= 15 is 0 Å². The van der Waals surface area contributed by atoms with Crippen LogP contribution in [-0.4, -0.2) is 18.3 Å². The molecule has 0 saturated carbocycles. The monoisotopic (exact) mass is 321 g/mol. The Morgan fingerprint density at radius 1 is 1.29 bits per heavy atom. The fourth-order valence-corrected chi connectivity index (χ4v) is 2.84. The van der Waals surface area contributed by atoms with Crippen molar-refractivity contribution in [2.45, 2.75) is 12.6 Å². The number of rotatable bonds is 7. The van der Waals surface area contributed by atoms with Gasteiger partial charge in [0.2, 0.25) is 0 Å². The zero-order valence-electron chi connectivity index (χ0n) is 11.4. The summed E-state index contributed by atoms with van der Waals surface area (Å²) in [5.74, 6) is 3.18. The van der Waals surface area contributed by atoms with E-state index in [2.05, 4.69) is 11.2 Å². The number of benzene rings is 1. The van der Waals surface area contributed by atoms with Gasteiger partial charge in [0, 0.05) is 18.0 Å². The lowest BCUT2D eigenvalue weighted by molar-refractivity contribution is 0.178. The van der Waals surface area contributed by atoms with Crippen molar-refractivity contribution in [2.24, 2.45) is 0 Å². The minimum atomic E-state index is -0.541. The van der Waals surface area contributed by atoms with E-state index < -0.39 is 6.10 Å². The third-order valence-electron chi connectivity index (χ3n) is 2.83.